The first kappa shape index (κ1) is 23.8. The molecule has 1 N–H and O–H groups in total. The minimum absolute atomic E-state index is 0.272. The van der Waals surface area contributed by atoms with Gasteiger partial charge in [-0.3, -0.25) is 9.69 Å². The molecule has 1 aliphatic rings. The summed E-state index contributed by atoms with van der Waals surface area (Å²) in [6.45, 7) is 10.8. The molecule has 1 saturated heterocycles. The largest absolute Gasteiger partial charge is 0.322 e. The molecule has 0 saturated carbocycles. The molecule has 0 aliphatic carbocycles. The van der Waals surface area contributed by atoms with Crippen LogP contribution in [0.5, 0.6) is 0 Å². The Hall–Kier alpha value is -2.38. The molecule has 0 unspecified atom stereocenters. The fraction of sp³-hybridized carbons (Fsp3) is 0.360. The fourth-order valence-corrected chi connectivity index (χ4v) is 4.63. The molecule has 0 bridgehead atoms. The Balaban J connectivity index is 1.39. The lowest BCUT2D eigenvalue weighted by Gasteiger charge is -2.34. The highest BCUT2D eigenvalue weighted by atomic mass is 35.5. The Morgan fingerprint density at radius 3 is 2.30 bits per heavy atom. The van der Waals surface area contributed by atoms with Crippen molar-refractivity contribution < 1.29 is 4.79 Å². The number of piperazine rings is 1. The van der Waals surface area contributed by atoms with Gasteiger partial charge in [-0.25, -0.2) is 4.68 Å². The Morgan fingerprint density at radius 2 is 1.64 bits per heavy atom. The van der Waals surface area contributed by atoms with Gasteiger partial charge in [-0.05, 0) is 42.8 Å². The van der Waals surface area contributed by atoms with Crippen molar-refractivity contribution in [2.75, 3.05) is 38.0 Å². The van der Waals surface area contributed by atoms with Crippen molar-refractivity contribution >= 4 is 34.8 Å². The van der Waals surface area contributed by atoms with Crippen molar-refractivity contribution in [3.8, 4) is 0 Å². The molecule has 0 radical (unpaired) electrons. The number of rotatable bonds is 7. The van der Waals surface area contributed by atoms with Crippen LogP contribution in [0.3, 0.4) is 0 Å². The number of amides is 1. The summed E-state index contributed by atoms with van der Waals surface area (Å²) in [6, 6.07) is 15.5. The number of hydrogen-bond acceptors (Lipinski definition) is 4. The summed E-state index contributed by atoms with van der Waals surface area (Å²) in [7, 11) is 0. The molecule has 6 nitrogen and oxygen atoms in total. The van der Waals surface area contributed by atoms with Crippen molar-refractivity contribution in [1.82, 2.24) is 19.6 Å². The average molecular weight is 486 g/mol. The SMILES string of the molecule is CCN1CCN(Cc2ccc(NC(=O)c3c(C)nn(Cc4ccccc4Cl)c3Cl)cc2)CC1. The second kappa shape index (κ2) is 10.7. The molecule has 2 heterocycles. The maximum absolute atomic E-state index is 13.0. The zero-order valence-corrected chi connectivity index (χ0v) is 20.5. The fourth-order valence-electron chi connectivity index (χ4n) is 4.11. The predicted molar refractivity (Wildman–Crippen MR) is 134 cm³/mol. The van der Waals surface area contributed by atoms with E-state index in [2.05, 4.69) is 39.3 Å². The number of nitrogens with one attached hydrogen (secondary N) is 1. The zero-order valence-electron chi connectivity index (χ0n) is 19.0. The highest BCUT2D eigenvalue weighted by Gasteiger charge is 2.21. The highest BCUT2D eigenvalue weighted by Crippen LogP contribution is 2.24. The van der Waals surface area contributed by atoms with E-state index in [4.69, 9.17) is 23.2 Å². The summed E-state index contributed by atoms with van der Waals surface area (Å²) in [5.41, 5.74) is 3.81. The summed E-state index contributed by atoms with van der Waals surface area (Å²) in [5.74, 6) is -0.272. The van der Waals surface area contributed by atoms with Crippen molar-refractivity contribution in [3.05, 3.63) is 81.1 Å². The minimum Gasteiger partial charge on any atom is -0.322 e. The number of halogens is 2. The van der Waals surface area contributed by atoms with Gasteiger partial charge in [0, 0.05) is 43.4 Å². The van der Waals surface area contributed by atoms with E-state index in [0.717, 1.165) is 50.5 Å². The van der Waals surface area contributed by atoms with E-state index in [9.17, 15) is 4.79 Å². The van der Waals surface area contributed by atoms with Crippen LogP contribution in [0, 0.1) is 6.92 Å². The number of likely N-dealkylation sites (N-methyl/N-ethyl adjacent to an activating group) is 1. The third kappa shape index (κ3) is 5.76. The van der Waals surface area contributed by atoms with Crippen LogP contribution in [0.25, 0.3) is 0 Å². The Labute approximate surface area is 205 Å². The van der Waals surface area contributed by atoms with Crippen LogP contribution < -0.4 is 5.32 Å². The number of benzene rings is 2. The standard InChI is InChI=1S/C25H29Cl2N5O/c1-3-30-12-14-31(15-13-30)16-19-8-10-21(11-9-19)28-25(33)23-18(2)29-32(24(23)27)17-20-6-4-5-7-22(20)26/h4-11H,3,12-17H2,1-2H3,(H,28,33). The second-order valence-corrected chi connectivity index (χ2v) is 9.13. The van der Waals surface area contributed by atoms with Gasteiger partial charge in [0.2, 0.25) is 0 Å². The first-order chi connectivity index (χ1) is 15.9. The van der Waals surface area contributed by atoms with Crippen molar-refractivity contribution in [3.63, 3.8) is 0 Å². The van der Waals surface area contributed by atoms with Gasteiger partial charge in [-0.2, -0.15) is 5.10 Å². The number of aryl methyl sites for hydroxylation is 1. The van der Waals surface area contributed by atoms with Crippen LogP contribution in [-0.4, -0.2) is 58.2 Å². The molecule has 1 aliphatic heterocycles. The Kier molecular flexibility index (Phi) is 7.71. The molecule has 1 amide bonds. The van der Waals surface area contributed by atoms with Gasteiger partial charge in [-0.15, -0.1) is 0 Å². The van der Waals surface area contributed by atoms with E-state index in [1.54, 1.807) is 11.6 Å². The second-order valence-electron chi connectivity index (χ2n) is 8.36. The molecular weight excluding hydrogens is 457 g/mol. The van der Waals surface area contributed by atoms with E-state index in [1.807, 2.05) is 36.4 Å². The van der Waals surface area contributed by atoms with Crippen LogP contribution in [0.2, 0.25) is 10.2 Å². The number of aromatic nitrogens is 2. The molecule has 0 atom stereocenters. The van der Waals surface area contributed by atoms with Gasteiger partial charge in [-0.1, -0.05) is 60.5 Å². The maximum Gasteiger partial charge on any atom is 0.260 e. The first-order valence-corrected chi connectivity index (χ1v) is 12.0. The number of anilines is 1. The summed E-state index contributed by atoms with van der Waals surface area (Å²) >= 11 is 12.8. The molecule has 4 rings (SSSR count). The molecule has 3 aromatic rings. The molecule has 2 aromatic carbocycles. The van der Waals surface area contributed by atoms with Gasteiger partial charge >= 0.3 is 0 Å². The van der Waals surface area contributed by atoms with Crippen molar-refractivity contribution in [1.29, 1.82) is 0 Å². The summed E-state index contributed by atoms with van der Waals surface area (Å²) < 4.78 is 1.61. The van der Waals surface area contributed by atoms with Gasteiger partial charge in [0.1, 0.15) is 5.15 Å². The van der Waals surface area contributed by atoms with E-state index in [0.29, 0.717) is 28.0 Å². The molecule has 174 valence electrons. The van der Waals surface area contributed by atoms with E-state index in [-0.39, 0.29) is 5.91 Å². The van der Waals surface area contributed by atoms with Gasteiger partial charge < -0.3 is 10.2 Å². The summed E-state index contributed by atoms with van der Waals surface area (Å²) in [4.78, 5) is 17.9. The average Bonchev–Trinajstić information content (AvgIpc) is 3.10. The third-order valence-electron chi connectivity index (χ3n) is 6.10. The normalized spacial score (nSPS) is 15.0. The van der Waals surface area contributed by atoms with Gasteiger partial charge in [0.05, 0.1) is 17.8 Å². The quantitative estimate of drug-likeness (QED) is 0.514. The molecule has 1 fully saturated rings. The van der Waals surface area contributed by atoms with Gasteiger partial charge in [0.15, 0.2) is 0 Å². The van der Waals surface area contributed by atoms with Crippen molar-refractivity contribution in [2.24, 2.45) is 0 Å². The molecule has 0 spiro atoms. The Morgan fingerprint density at radius 1 is 0.970 bits per heavy atom. The smallest absolute Gasteiger partial charge is 0.260 e. The predicted octanol–water partition coefficient (Wildman–Crippen LogP) is 4.94. The number of nitrogens with zero attached hydrogens (tertiary/aromatic N) is 4. The van der Waals surface area contributed by atoms with Crippen LogP contribution in [-0.2, 0) is 13.1 Å². The lowest BCUT2D eigenvalue weighted by Crippen LogP contribution is -2.45. The minimum atomic E-state index is -0.272. The van der Waals surface area contributed by atoms with E-state index in [1.165, 1.54) is 5.56 Å². The highest BCUT2D eigenvalue weighted by molar-refractivity contribution is 6.34. The topological polar surface area (TPSA) is 53.4 Å². The third-order valence-corrected chi connectivity index (χ3v) is 6.85. The van der Waals surface area contributed by atoms with Crippen LogP contribution >= 0.6 is 23.2 Å². The Bertz CT molecular complexity index is 1100. The molecule has 33 heavy (non-hydrogen) atoms. The molecule has 8 heteroatoms. The lowest BCUT2D eigenvalue weighted by molar-refractivity contribution is 0.102. The number of hydrogen-bond donors (Lipinski definition) is 1. The van der Waals surface area contributed by atoms with Crippen molar-refractivity contribution in [2.45, 2.75) is 26.9 Å². The number of carbonyl (C=O) groups is 1. The maximum atomic E-state index is 13.0. The van der Waals surface area contributed by atoms with Crippen LogP contribution in [0.1, 0.15) is 34.1 Å². The lowest BCUT2D eigenvalue weighted by atomic mass is 10.1. The summed E-state index contributed by atoms with van der Waals surface area (Å²) in [5, 5.41) is 8.34. The van der Waals surface area contributed by atoms with E-state index < -0.39 is 0 Å². The van der Waals surface area contributed by atoms with Crippen LogP contribution in [0.15, 0.2) is 48.5 Å². The number of carbonyl (C=O) groups excluding carboxylic acids is 1. The molecular formula is C25H29Cl2N5O. The van der Waals surface area contributed by atoms with E-state index >= 15 is 0 Å². The van der Waals surface area contributed by atoms with Crippen LogP contribution in [0.4, 0.5) is 5.69 Å². The monoisotopic (exact) mass is 485 g/mol. The summed E-state index contributed by atoms with van der Waals surface area (Å²) in [6.07, 6.45) is 0. The zero-order chi connectivity index (χ0) is 23.4. The first-order valence-electron chi connectivity index (χ1n) is 11.3. The van der Waals surface area contributed by atoms with Gasteiger partial charge in [0.25, 0.3) is 5.91 Å². The molecule has 1 aromatic heterocycles.